The minimum absolute atomic E-state index is 0.0841. The van der Waals surface area contributed by atoms with E-state index in [1.165, 1.54) is 23.1 Å². The molecule has 1 aliphatic heterocycles. The van der Waals surface area contributed by atoms with Gasteiger partial charge in [-0.05, 0) is 13.3 Å². The Morgan fingerprint density at radius 1 is 1.38 bits per heavy atom. The Morgan fingerprint density at radius 2 is 2.19 bits per heavy atom. The first-order valence-electron chi connectivity index (χ1n) is 8.03. The molecule has 0 aliphatic carbocycles. The molecule has 4 heterocycles. The van der Waals surface area contributed by atoms with Crippen molar-refractivity contribution in [2.75, 3.05) is 11.5 Å². The average molecular weight is 412 g/mol. The SMILES string of the molecule is Cc1csc2nc(CSc3nnc([C@H]4CCS(=O)(=O)C4)n3C)cc(=O)n12. The van der Waals surface area contributed by atoms with Crippen molar-refractivity contribution in [3.63, 3.8) is 0 Å². The summed E-state index contributed by atoms with van der Waals surface area (Å²) in [5.74, 6) is 1.45. The van der Waals surface area contributed by atoms with Crippen LogP contribution in [0.5, 0.6) is 0 Å². The highest BCUT2D eigenvalue weighted by Gasteiger charge is 2.32. The van der Waals surface area contributed by atoms with Gasteiger partial charge in [0.15, 0.2) is 20.0 Å². The van der Waals surface area contributed by atoms with Crippen LogP contribution in [0.25, 0.3) is 4.96 Å². The molecule has 0 saturated carbocycles. The topological polar surface area (TPSA) is 99.2 Å². The average Bonchev–Trinajstić information content (AvgIpc) is 3.23. The molecule has 8 nitrogen and oxygen atoms in total. The van der Waals surface area contributed by atoms with E-state index < -0.39 is 9.84 Å². The van der Waals surface area contributed by atoms with Crippen molar-refractivity contribution in [3.05, 3.63) is 39.0 Å². The number of nitrogens with zero attached hydrogens (tertiary/aromatic N) is 5. The molecule has 1 aliphatic rings. The Balaban J connectivity index is 1.53. The number of sulfone groups is 1. The van der Waals surface area contributed by atoms with Crippen LogP contribution in [0.15, 0.2) is 21.4 Å². The van der Waals surface area contributed by atoms with E-state index >= 15 is 0 Å². The molecule has 3 aromatic heterocycles. The van der Waals surface area contributed by atoms with Gasteiger partial charge in [-0.2, -0.15) is 0 Å². The third kappa shape index (κ3) is 3.19. The summed E-state index contributed by atoms with van der Waals surface area (Å²) < 4.78 is 26.8. The highest BCUT2D eigenvalue weighted by molar-refractivity contribution is 7.98. The van der Waals surface area contributed by atoms with E-state index in [4.69, 9.17) is 0 Å². The van der Waals surface area contributed by atoms with E-state index in [1.54, 1.807) is 10.5 Å². The Bertz CT molecular complexity index is 1150. The van der Waals surface area contributed by atoms with E-state index in [1.807, 2.05) is 23.9 Å². The lowest BCUT2D eigenvalue weighted by Crippen LogP contribution is -2.14. The van der Waals surface area contributed by atoms with E-state index in [-0.39, 0.29) is 23.0 Å². The lowest BCUT2D eigenvalue weighted by atomic mass is 10.1. The van der Waals surface area contributed by atoms with Crippen LogP contribution < -0.4 is 5.56 Å². The molecule has 11 heteroatoms. The van der Waals surface area contributed by atoms with Crippen molar-refractivity contribution in [3.8, 4) is 0 Å². The van der Waals surface area contributed by atoms with Gasteiger partial charge in [-0.15, -0.1) is 21.5 Å². The van der Waals surface area contributed by atoms with Crippen LogP contribution in [0, 0.1) is 6.92 Å². The summed E-state index contributed by atoms with van der Waals surface area (Å²) in [4.78, 5) is 17.4. The van der Waals surface area contributed by atoms with Crippen LogP contribution in [-0.4, -0.2) is 44.1 Å². The first-order valence-corrected chi connectivity index (χ1v) is 11.7. The van der Waals surface area contributed by atoms with Gasteiger partial charge in [0.1, 0.15) is 5.82 Å². The van der Waals surface area contributed by atoms with Gasteiger partial charge in [0, 0.05) is 35.9 Å². The standard InChI is InChI=1S/C15H17N5O3S3/c1-9-6-24-14-16-11(5-12(21)20(9)14)7-25-15-18-17-13(19(15)2)10-3-4-26(22,23)8-10/h5-6,10H,3-4,7-8H2,1-2H3/t10-/m0/s1. The molecular weight excluding hydrogens is 394 g/mol. The molecular formula is C15H17N5O3S3. The van der Waals surface area contributed by atoms with Crippen LogP contribution in [0.4, 0.5) is 0 Å². The monoisotopic (exact) mass is 411 g/mol. The molecule has 1 atom stereocenters. The van der Waals surface area contributed by atoms with Crippen molar-refractivity contribution in [1.82, 2.24) is 24.1 Å². The van der Waals surface area contributed by atoms with Crippen molar-refractivity contribution < 1.29 is 8.42 Å². The Morgan fingerprint density at radius 3 is 2.92 bits per heavy atom. The van der Waals surface area contributed by atoms with Crippen LogP contribution in [-0.2, 0) is 22.6 Å². The predicted molar refractivity (Wildman–Crippen MR) is 101 cm³/mol. The van der Waals surface area contributed by atoms with Crippen LogP contribution in [0.3, 0.4) is 0 Å². The molecule has 1 saturated heterocycles. The lowest BCUT2D eigenvalue weighted by Gasteiger charge is -2.07. The highest BCUT2D eigenvalue weighted by Crippen LogP contribution is 2.30. The summed E-state index contributed by atoms with van der Waals surface area (Å²) in [5, 5.41) is 11.0. The number of aromatic nitrogens is 5. The zero-order valence-corrected chi connectivity index (χ0v) is 16.7. The van der Waals surface area contributed by atoms with Crippen LogP contribution in [0.1, 0.15) is 29.6 Å². The summed E-state index contributed by atoms with van der Waals surface area (Å²) in [6.07, 6.45) is 0.589. The Labute approximate surface area is 158 Å². The molecule has 0 unspecified atom stereocenters. The van der Waals surface area contributed by atoms with Crippen molar-refractivity contribution in [2.24, 2.45) is 7.05 Å². The second-order valence-electron chi connectivity index (χ2n) is 6.37. The third-order valence-electron chi connectivity index (χ3n) is 4.44. The van der Waals surface area contributed by atoms with Gasteiger partial charge in [-0.3, -0.25) is 9.20 Å². The van der Waals surface area contributed by atoms with E-state index in [2.05, 4.69) is 15.2 Å². The first-order chi connectivity index (χ1) is 12.3. The zero-order valence-electron chi connectivity index (χ0n) is 14.2. The molecule has 0 radical (unpaired) electrons. The van der Waals surface area contributed by atoms with Crippen LogP contribution >= 0.6 is 23.1 Å². The fraction of sp³-hybridized carbons (Fsp3) is 0.467. The van der Waals surface area contributed by atoms with Crippen molar-refractivity contribution in [2.45, 2.75) is 30.2 Å². The van der Waals surface area contributed by atoms with Crippen molar-refractivity contribution >= 4 is 37.9 Å². The number of hydrogen-bond donors (Lipinski definition) is 0. The normalized spacial score (nSPS) is 19.4. The lowest BCUT2D eigenvalue weighted by molar-refractivity contribution is 0.599. The maximum Gasteiger partial charge on any atom is 0.258 e. The van der Waals surface area contributed by atoms with Gasteiger partial charge in [0.25, 0.3) is 5.56 Å². The molecule has 138 valence electrons. The number of hydrogen-bond acceptors (Lipinski definition) is 8. The summed E-state index contributed by atoms with van der Waals surface area (Å²) >= 11 is 2.88. The largest absolute Gasteiger partial charge is 0.309 e. The van der Waals surface area contributed by atoms with Crippen molar-refractivity contribution in [1.29, 1.82) is 0 Å². The summed E-state index contributed by atoms with van der Waals surface area (Å²) in [6, 6.07) is 1.54. The maximum absolute atomic E-state index is 12.2. The molecule has 0 N–H and O–H groups in total. The fourth-order valence-corrected chi connectivity index (χ4v) is 6.56. The second-order valence-corrected chi connectivity index (χ2v) is 10.4. The Hall–Kier alpha value is -1.72. The Kier molecular flexibility index (Phi) is 4.40. The van der Waals surface area contributed by atoms with Crippen LogP contribution in [0.2, 0.25) is 0 Å². The zero-order chi connectivity index (χ0) is 18.5. The number of aryl methyl sites for hydroxylation is 1. The molecule has 26 heavy (non-hydrogen) atoms. The highest BCUT2D eigenvalue weighted by atomic mass is 32.2. The van der Waals surface area contributed by atoms with Gasteiger partial charge < -0.3 is 4.57 Å². The minimum atomic E-state index is -2.96. The number of thiazole rings is 1. The quantitative estimate of drug-likeness (QED) is 0.598. The minimum Gasteiger partial charge on any atom is -0.309 e. The summed E-state index contributed by atoms with van der Waals surface area (Å²) in [6.45, 7) is 1.88. The van der Waals surface area contributed by atoms with Gasteiger partial charge >= 0.3 is 0 Å². The van der Waals surface area contributed by atoms with Gasteiger partial charge in [-0.25, -0.2) is 13.4 Å². The smallest absolute Gasteiger partial charge is 0.258 e. The third-order valence-corrected chi connectivity index (χ3v) is 8.21. The molecule has 0 amide bonds. The number of fused-ring (bicyclic) bond motifs is 1. The van der Waals surface area contributed by atoms with E-state index in [9.17, 15) is 13.2 Å². The van der Waals surface area contributed by atoms with E-state index in [0.29, 0.717) is 33.8 Å². The number of thioether (sulfide) groups is 1. The molecule has 4 rings (SSSR count). The van der Waals surface area contributed by atoms with Gasteiger partial charge in [-0.1, -0.05) is 11.8 Å². The van der Waals surface area contributed by atoms with Gasteiger partial charge in [0.05, 0.1) is 17.2 Å². The summed E-state index contributed by atoms with van der Waals surface area (Å²) in [7, 11) is -1.12. The second kappa shape index (κ2) is 6.46. The fourth-order valence-electron chi connectivity index (χ4n) is 3.12. The predicted octanol–water partition coefficient (Wildman–Crippen LogP) is 1.39. The molecule has 0 aromatic carbocycles. The van der Waals surface area contributed by atoms with E-state index in [0.717, 1.165) is 5.69 Å². The first kappa shape index (κ1) is 17.7. The number of rotatable bonds is 4. The molecule has 1 fully saturated rings. The van der Waals surface area contributed by atoms with Gasteiger partial charge in [0.2, 0.25) is 0 Å². The molecule has 3 aromatic rings. The molecule has 0 bridgehead atoms. The maximum atomic E-state index is 12.2. The summed E-state index contributed by atoms with van der Waals surface area (Å²) in [5.41, 5.74) is 1.49. The molecule has 0 spiro atoms.